The molecular weight excluding hydrogens is 404 g/mol. The third-order valence-electron chi connectivity index (χ3n) is 3.78. The number of nitrogens with zero attached hydrogens (tertiary/aromatic N) is 2. The van der Waals surface area contributed by atoms with E-state index in [-0.39, 0.29) is 5.97 Å². The second-order valence-electron chi connectivity index (χ2n) is 5.73. The van der Waals surface area contributed by atoms with Gasteiger partial charge in [-0.05, 0) is 28.5 Å². The quantitative estimate of drug-likeness (QED) is 0.355. The smallest absolute Gasteiger partial charge is 0.316 e. The zero-order valence-electron chi connectivity index (χ0n) is 15.3. The lowest BCUT2D eigenvalue weighted by Crippen LogP contribution is -2.14. The first kappa shape index (κ1) is 20.2. The number of methoxy groups -OCH3 is 2. The molecule has 0 radical (unpaired) electrons. The minimum atomic E-state index is -1.35. The molecule has 9 heteroatoms. The molecule has 2 heterocycles. The number of esters is 1. The first-order valence-corrected chi connectivity index (χ1v) is 13.2. The van der Waals surface area contributed by atoms with Crippen LogP contribution in [0, 0.1) is 0 Å². The fourth-order valence-electron chi connectivity index (χ4n) is 2.48. The Hall–Kier alpha value is -1.58. The van der Waals surface area contributed by atoms with Crippen molar-refractivity contribution in [2.75, 3.05) is 31.5 Å². The van der Waals surface area contributed by atoms with Gasteiger partial charge in [0.2, 0.25) is 16.9 Å². The van der Waals surface area contributed by atoms with E-state index >= 15 is 0 Å². The maximum Gasteiger partial charge on any atom is 0.316 e. The molecule has 2 aromatic rings. The lowest BCUT2D eigenvalue weighted by atomic mass is 10.2. The topological polar surface area (TPSA) is 70.5 Å². The van der Waals surface area contributed by atoms with Crippen molar-refractivity contribution < 1.29 is 19.0 Å². The normalized spacial score (nSPS) is 21.3. The molecule has 1 unspecified atom stereocenters. The third-order valence-corrected chi connectivity index (χ3v) is 13.2. The molecule has 1 saturated heterocycles. The molecule has 1 fully saturated rings. The molecule has 1 aromatic carbocycles. The summed E-state index contributed by atoms with van der Waals surface area (Å²) < 4.78 is 16.0. The Labute approximate surface area is 167 Å². The number of hydrogen-bond donors (Lipinski definition) is 0. The summed E-state index contributed by atoms with van der Waals surface area (Å²) in [6.45, 7) is 0.300. The summed E-state index contributed by atoms with van der Waals surface area (Å²) >= 11 is 0. The number of aromatic nitrogens is 2. The Kier molecular flexibility index (Phi) is 7.14. The fourth-order valence-corrected chi connectivity index (χ4v) is 11.7. The van der Waals surface area contributed by atoms with E-state index in [4.69, 9.17) is 14.2 Å². The summed E-state index contributed by atoms with van der Waals surface area (Å²) in [4.78, 5) is 21.3. The van der Waals surface area contributed by atoms with Gasteiger partial charge in [0, 0.05) is 5.75 Å². The number of rotatable bonds is 8. The molecule has 1 aromatic heterocycles. The molecule has 0 amide bonds. The third kappa shape index (κ3) is 5.70. The lowest BCUT2D eigenvalue weighted by Gasteiger charge is -2.31. The van der Waals surface area contributed by atoms with Crippen molar-refractivity contribution in [2.45, 2.75) is 18.2 Å². The van der Waals surface area contributed by atoms with Crippen molar-refractivity contribution >= 4 is 35.6 Å². The Morgan fingerprint density at radius 2 is 1.89 bits per heavy atom. The van der Waals surface area contributed by atoms with E-state index in [1.54, 1.807) is 31.1 Å². The number of carbonyl (C=O) groups excluding carboxylic acids is 1. The number of hydrogen-bond acceptors (Lipinski definition) is 8. The molecule has 6 nitrogen and oxygen atoms in total. The van der Waals surface area contributed by atoms with Gasteiger partial charge in [-0.3, -0.25) is 4.79 Å². The maximum absolute atomic E-state index is 12.5. The largest absolute Gasteiger partial charge is 0.481 e. The van der Waals surface area contributed by atoms with Crippen LogP contribution in [0.4, 0.5) is 0 Å². The molecule has 1 aliphatic heterocycles. The molecule has 0 spiro atoms. The predicted molar refractivity (Wildman–Crippen MR) is 112 cm³/mol. The first-order valence-electron chi connectivity index (χ1n) is 8.41. The van der Waals surface area contributed by atoms with E-state index in [1.807, 2.05) is 41.1 Å². The summed E-state index contributed by atoms with van der Waals surface area (Å²) in [5, 5.41) is 0.575. The van der Waals surface area contributed by atoms with Gasteiger partial charge in [-0.1, -0.05) is 30.3 Å². The van der Waals surface area contributed by atoms with Crippen LogP contribution in [-0.2, 0) is 16.1 Å². The van der Waals surface area contributed by atoms with Gasteiger partial charge in [0.25, 0.3) is 0 Å². The molecule has 0 aliphatic carbocycles. The monoisotopic (exact) mass is 426 g/mol. The van der Waals surface area contributed by atoms with Crippen LogP contribution < -0.4 is 9.47 Å². The summed E-state index contributed by atoms with van der Waals surface area (Å²) in [7, 11) is 5.19. The highest BCUT2D eigenvalue weighted by Gasteiger charge is 2.35. The molecule has 1 aliphatic rings. The van der Waals surface area contributed by atoms with Crippen molar-refractivity contribution in [3.63, 3.8) is 0 Å². The van der Waals surface area contributed by atoms with E-state index in [0.717, 1.165) is 23.5 Å². The summed E-state index contributed by atoms with van der Waals surface area (Å²) in [5.41, 5.74) is 0.988. The van der Waals surface area contributed by atoms with Crippen LogP contribution in [0.1, 0.15) is 12.0 Å². The number of benzene rings is 1. The molecule has 0 N–H and O–H groups in total. The van der Waals surface area contributed by atoms with Gasteiger partial charge in [-0.15, -0.1) is 18.9 Å². The van der Waals surface area contributed by atoms with Gasteiger partial charge in [0.1, 0.15) is 6.61 Å². The highest BCUT2D eigenvalue weighted by molar-refractivity contribution is 9.25. The minimum Gasteiger partial charge on any atom is -0.481 e. The lowest BCUT2D eigenvalue weighted by molar-refractivity contribution is -0.141. The van der Waals surface area contributed by atoms with Crippen molar-refractivity contribution in [3.05, 3.63) is 42.0 Å². The zero-order chi connectivity index (χ0) is 19.1. The molecule has 27 heavy (non-hydrogen) atoms. The standard InChI is InChI=1S/C18H22N2O4S3/c1-22-15-11-16(23-2)20-18(19-15)26-27(10-6-9-25-27)13-17(21)24-12-14-7-4-3-5-8-14/h3-5,7-8,11H,6,9-10,12-13H2,1-2H3. The predicted octanol–water partition coefficient (Wildman–Crippen LogP) is 4.10. The highest BCUT2D eigenvalue weighted by Crippen LogP contribution is 2.74. The van der Waals surface area contributed by atoms with E-state index in [0.29, 0.717) is 29.3 Å². The highest BCUT2D eigenvalue weighted by atomic mass is 33.6. The maximum atomic E-state index is 12.5. The fraction of sp³-hybridized carbons (Fsp3) is 0.389. The number of ether oxygens (including phenoxy) is 3. The van der Waals surface area contributed by atoms with Gasteiger partial charge in [-0.25, -0.2) is 0 Å². The van der Waals surface area contributed by atoms with Gasteiger partial charge >= 0.3 is 5.97 Å². The van der Waals surface area contributed by atoms with Crippen LogP contribution in [0.5, 0.6) is 11.8 Å². The van der Waals surface area contributed by atoms with Crippen LogP contribution in [0.25, 0.3) is 0 Å². The van der Waals surface area contributed by atoms with Gasteiger partial charge in [0.05, 0.1) is 26.0 Å². The SMILES string of the molecule is COc1cc(OC)nc(SS2(CC(=O)OCc3ccccc3)CCCS2)n1. The Morgan fingerprint density at radius 1 is 1.19 bits per heavy atom. The van der Waals surface area contributed by atoms with Gasteiger partial charge < -0.3 is 14.2 Å². The van der Waals surface area contributed by atoms with Crippen LogP contribution in [0.2, 0.25) is 0 Å². The van der Waals surface area contributed by atoms with E-state index < -0.39 is 8.09 Å². The second kappa shape index (κ2) is 9.57. The van der Waals surface area contributed by atoms with Crippen LogP contribution in [0.3, 0.4) is 0 Å². The average molecular weight is 427 g/mol. The minimum absolute atomic E-state index is 0.175. The Bertz CT molecular complexity index is 748. The Balaban J connectivity index is 1.67. The number of carbonyl (C=O) groups is 1. The molecule has 0 bridgehead atoms. The first-order chi connectivity index (χ1) is 13.1. The zero-order valence-corrected chi connectivity index (χ0v) is 17.7. The average Bonchev–Trinajstić information content (AvgIpc) is 3.14. The van der Waals surface area contributed by atoms with Crippen LogP contribution in [0.15, 0.2) is 41.6 Å². The second-order valence-corrected chi connectivity index (χ2v) is 14.8. The van der Waals surface area contributed by atoms with E-state index in [2.05, 4.69) is 9.97 Å². The summed E-state index contributed by atoms with van der Waals surface area (Å²) in [6.07, 6.45) is 1.08. The van der Waals surface area contributed by atoms with Gasteiger partial charge in [-0.2, -0.15) is 9.97 Å². The van der Waals surface area contributed by atoms with Crippen molar-refractivity contribution in [3.8, 4) is 11.8 Å². The molecular formula is C18H22N2O4S3. The van der Waals surface area contributed by atoms with Crippen molar-refractivity contribution in [1.29, 1.82) is 0 Å². The van der Waals surface area contributed by atoms with Crippen molar-refractivity contribution in [2.24, 2.45) is 0 Å². The van der Waals surface area contributed by atoms with Gasteiger partial charge in [0.15, 0.2) is 0 Å². The summed E-state index contributed by atoms with van der Waals surface area (Å²) in [5.74, 6) is 3.13. The van der Waals surface area contributed by atoms with E-state index in [1.165, 1.54) is 0 Å². The van der Waals surface area contributed by atoms with Crippen LogP contribution in [-0.4, -0.2) is 47.4 Å². The molecule has 3 rings (SSSR count). The van der Waals surface area contributed by atoms with E-state index in [9.17, 15) is 4.79 Å². The van der Waals surface area contributed by atoms with Crippen molar-refractivity contribution in [1.82, 2.24) is 9.97 Å². The summed E-state index contributed by atoms with van der Waals surface area (Å²) in [6, 6.07) is 11.4. The molecule has 0 saturated carbocycles. The molecule has 146 valence electrons. The Morgan fingerprint density at radius 3 is 2.48 bits per heavy atom. The van der Waals surface area contributed by atoms with Crippen LogP contribution >= 0.6 is 29.7 Å². The molecule has 1 atom stereocenters.